The molecule has 0 unspecified atom stereocenters. The molecule has 1 aromatic rings. The number of terminal acetylenes is 1. The maximum Gasteiger partial charge on any atom is 0.303 e. The van der Waals surface area contributed by atoms with E-state index in [1.807, 2.05) is 0 Å². The monoisotopic (exact) mass is 390 g/mol. The number of aliphatic hydroxyl groups excluding tert-OH is 1. The zero-order chi connectivity index (χ0) is 20.8. The quantitative estimate of drug-likeness (QED) is 0.449. The molecule has 1 aromatic carbocycles. The highest BCUT2D eigenvalue weighted by molar-refractivity contribution is 5.67. The standard InChI is InChI=1S/C20H22O8/c1-5-14-6-8-15(9-7-14)18-20(27-13(4)23)19(26-12(3)22)17(24)16(28-18)10-25-11(2)21/h1,6-9,16-20,24H,10H2,2-4H3/t16-,17-,18-,19+,20-/m1/s1. The average Bonchev–Trinajstić information content (AvgIpc) is 2.63. The van der Waals surface area contributed by atoms with Crippen LogP contribution < -0.4 is 0 Å². The van der Waals surface area contributed by atoms with Crippen molar-refractivity contribution >= 4 is 17.9 Å². The molecule has 0 aromatic heterocycles. The van der Waals surface area contributed by atoms with Gasteiger partial charge in [0.05, 0.1) is 0 Å². The third kappa shape index (κ3) is 5.31. The van der Waals surface area contributed by atoms with Crippen LogP contribution in [-0.2, 0) is 33.3 Å². The fourth-order valence-corrected chi connectivity index (χ4v) is 2.95. The lowest BCUT2D eigenvalue weighted by Gasteiger charge is -2.43. The predicted octanol–water partition coefficient (Wildman–Crippen LogP) is 0.895. The van der Waals surface area contributed by atoms with Crippen LogP contribution in [0, 0.1) is 12.3 Å². The van der Waals surface area contributed by atoms with Gasteiger partial charge in [0.1, 0.15) is 24.9 Å². The zero-order valence-corrected chi connectivity index (χ0v) is 15.8. The molecular weight excluding hydrogens is 368 g/mol. The van der Waals surface area contributed by atoms with Crippen LogP contribution in [0.5, 0.6) is 0 Å². The third-order valence-corrected chi connectivity index (χ3v) is 4.12. The minimum Gasteiger partial charge on any atom is -0.463 e. The van der Waals surface area contributed by atoms with Gasteiger partial charge in [-0.3, -0.25) is 14.4 Å². The number of carbonyl (C=O) groups is 3. The average molecular weight is 390 g/mol. The summed E-state index contributed by atoms with van der Waals surface area (Å²) in [5.74, 6) is 0.625. The van der Waals surface area contributed by atoms with Gasteiger partial charge in [-0.1, -0.05) is 18.1 Å². The van der Waals surface area contributed by atoms with Crippen LogP contribution in [0.3, 0.4) is 0 Å². The van der Waals surface area contributed by atoms with E-state index in [-0.39, 0.29) is 6.61 Å². The molecule has 1 N–H and O–H groups in total. The van der Waals surface area contributed by atoms with E-state index in [2.05, 4.69) is 5.92 Å². The van der Waals surface area contributed by atoms with Crippen molar-refractivity contribution in [2.45, 2.75) is 51.3 Å². The Balaban J connectivity index is 2.41. The number of benzene rings is 1. The van der Waals surface area contributed by atoms with Crippen LogP contribution in [-0.4, -0.2) is 54.0 Å². The molecule has 0 amide bonds. The molecule has 8 heteroatoms. The molecule has 1 saturated heterocycles. The zero-order valence-electron chi connectivity index (χ0n) is 15.8. The topological polar surface area (TPSA) is 108 Å². The van der Waals surface area contributed by atoms with Crippen molar-refractivity contribution in [2.24, 2.45) is 0 Å². The number of rotatable bonds is 5. The van der Waals surface area contributed by atoms with Crippen molar-refractivity contribution in [3.63, 3.8) is 0 Å². The van der Waals surface area contributed by atoms with Gasteiger partial charge in [-0.05, 0) is 17.7 Å². The lowest BCUT2D eigenvalue weighted by molar-refractivity contribution is -0.249. The SMILES string of the molecule is C#Cc1ccc([C@H]2O[C@H](COC(C)=O)[C@@H](O)[C@H](OC(C)=O)[C@@H]2OC(C)=O)cc1. The van der Waals surface area contributed by atoms with E-state index in [9.17, 15) is 19.5 Å². The Labute approximate surface area is 162 Å². The minimum absolute atomic E-state index is 0.264. The van der Waals surface area contributed by atoms with Gasteiger partial charge in [-0.25, -0.2) is 0 Å². The summed E-state index contributed by atoms with van der Waals surface area (Å²) in [4.78, 5) is 34.3. The summed E-state index contributed by atoms with van der Waals surface area (Å²) in [5, 5.41) is 10.6. The Morgan fingerprint density at radius 3 is 2.11 bits per heavy atom. The van der Waals surface area contributed by atoms with E-state index in [1.165, 1.54) is 20.8 Å². The normalized spacial score (nSPS) is 26.6. The van der Waals surface area contributed by atoms with E-state index in [0.29, 0.717) is 11.1 Å². The number of hydrogen-bond donors (Lipinski definition) is 1. The largest absolute Gasteiger partial charge is 0.463 e. The molecule has 1 aliphatic rings. The summed E-state index contributed by atoms with van der Waals surface area (Å²) >= 11 is 0. The molecular formula is C20H22O8. The molecule has 0 saturated carbocycles. The molecule has 1 fully saturated rings. The summed E-state index contributed by atoms with van der Waals surface area (Å²) in [5.41, 5.74) is 1.22. The van der Waals surface area contributed by atoms with E-state index < -0.39 is 48.4 Å². The number of aliphatic hydroxyl groups is 1. The number of carbonyl (C=O) groups excluding carboxylic acids is 3. The van der Waals surface area contributed by atoms with E-state index in [0.717, 1.165) is 0 Å². The molecule has 1 aliphatic heterocycles. The summed E-state index contributed by atoms with van der Waals surface area (Å²) in [6.07, 6.45) is -0.226. The number of esters is 3. The van der Waals surface area contributed by atoms with Crippen molar-refractivity contribution < 1.29 is 38.4 Å². The first-order valence-electron chi connectivity index (χ1n) is 8.60. The van der Waals surface area contributed by atoms with Crippen LogP contribution in [0.4, 0.5) is 0 Å². The number of hydrogen-bond acceptors (Lipinski definition) is 8. The van der Waals surface area contributed by atoms with Crippen molar-refractivity contribution in [3.05, 3.63) is 35.4 Å². The van der Waals surface area contributed by atoms with E-state index in [4.69, 9.17) is 25.4 Å². The summed E-state index contributed by atoms with van der Waals surface area (Å²) in [7, 11) is 0. The van der Waals surface area contributed by atoms with Gasteiger partial charge in [-0.2, -0.15) is 0 Å². The first-order valence-corrected chi connectivity index (χ1v) is 8.60. The molecule has 0 radical (unpaired) electrons. The Morgan fingerprint density at radius 1 is 1.04 bits per heavy atom. The second kappa shape index (κ2) is 9.35. The fraction of sp³-hybridized carbons (Fsp3) is 0.450. The van der Waals surface area contributed by atoms with Crippen LogP contribution in [0.25, 0.3) is 0 Å². The molecule has 0 bridgehead atoms. The third-order valence-electron chi connectivity index (χ3n) is 4.12. The van der Waals surface area contributed by atoms with Gasteiger partial charge in [-0.15, -0.1) is 6.42 Å². The van der Waals surface area contributed by atoms with Crippen LogP contribution >= 0.6 is 0 Å². The van der Waals surface area contributed by atoms with Gasteiger partial charge in [0.2, 0.25) is 0 Å². The predicted molar refractivity (Wildman–Crippen MR) is 95.7 cm³/mol. The molecule has 1 heterocycles. The van der Waals surface area contributed by atoms with Crippen LogP contribution in [0.2, 0.25) is 0 Å². The maximum atomic E-state index is 11.6. The van der Waals surface area contributed by atoms with Gasteiger partial charge < -0.3 is 24.1 Å². The van der Waals surface area contributed by atoms with Crippen LogP contribution in [0.15, 0.2) is 24.3 Å². The highest BCUT2D eigenvalue weighted by Gasteiger charge is 2.50. The van der Waals surface area contributed by atoms with Crippen molar-refractivity contribution in [1.82, 2.24) is 0 Å². The van der Waals surface area contributed by atoms with Gasteiger partial charge >= 0.3 is 17.9 Å². The maximum absolute atomic E-state index is 11.6. The molecule has 150 valence electrons. The smallest absolute Gasteiger partial charge is 0.303 e. The highest BCUT2D eigenvalue weighted by Crippen LogP contribution is 2.36. The Kier molecular flexibility index (Phi) is 7.15. The lowest BCUT2D eigenvalue weighted by Crippen LogP contribution is -2.58. The summed E-state index contributed by atoms with van der Waals surface area (Å²) in [6.45, 7) is 3.32. The lowest BCUT2D eigenvalue weighted by atomic mass is 9.90. The Bertz CT molecular complexity index is 763. The highest BCUT2D eigenvalue weighted by atomic mass is 16.6. The molecule has 28 heavy (non-hydrogen) atoms. The Morgan fingerprint density at radius 2 is 1.61 bits per heavy atom. The van der Waals surface area contributed by atoms with Crippen molar-refractivity contribution in [2.75, 3.05) is 6.61 Å². The van der Waals surface area contributed by atoms with E-state index >= 15 is 0 Å². The second-order valence-corrected chi connectivity index (χ2v) is 6.30. The fourth-order valence-electron chi connectivity index (χ4n) is 2.95. The van der Waals surface area contributed by atoms with Crippen LogP contribution in [0.1, 0.15) is 38.0 Å². The minimum atomic E-state index is -1.38. The molecule has 5 atom stereocenters. The summed E-state index contributed by atoms with van der Waals surface area (Å²) in [6, 6.07) is 6.72. The van der Waals surface area contributed by atoms with Crippen molar-refractivity contribution in [3.8, 4) is 12.3 Å². The number of ether oxygens (including phenoxy) is 4. The van der Waals surface area contributed by atoms with Gasteiger partial charge in [0, 0.05) is 26.3 Å². The summed E-state index contributed by atoms with van der Waals surface area (Å²) < 4.78 is 21.4. The first kappa shape index (κ1) is 21.4. The van der Waals surface area contributed by atoms with Crippen molar-refractivity contribution in [1.29, 1.82) is 0 Å². The first-order chi connectivity index (χ1) is 13.2. The van der Waals surface area contributed by atoms with Gasteiger partial charge in [0.15, 0.2) is 12.2 Å². The molecule has 0 aliphatic carbocycles. The molecule has 8 nitrogen and oxygen atoms in total. The Hall–Kier alpha value is -2.89. The molecule has 0 spiro atoms. The van der Waals surface area contributed by atoms with Gasteiger partial charge in [0.25, 0.3) is 0 Å². The van der Waals surface area contributed by atoms with E-state index in [1.54, 1.807) is 24.3 Å². The molecule has 2 rings (SSSR count). The second-order valence-electron chi connectivity index (χ2n) is 6.30.